The number of likely N-dealkylation sites (tertiary alicyclic amines) is 1. The van der Waals surface area contributed by atoms with Crippen LogP contribution in [-0.4, -0.2) is 31.0 Å². The van der Waals surface area contributed by atoms with Crippen molar-refractivity contribution in [1.82, 2.24) is 4.90 Å². The lowest BCUT2D eigenvalue weighted by Gasteiger charge is -2.25. The van der Waals surface area contributed by atoms with Gasteiger partial charge in [0.2, 0.25) is 0 Å². The Hall–Kier alpha value is -2.25. The lowest BCUT2D eigenvalue weighted by Crippen LogP contribution is -2.26. The third-order valence-corrected chi connectivity index (χ3v) is 5.05. The summed E-state index contributed by atoms with van der Waals surface area (Å²) < 4.78 is 40.8. The van der Waals surface area contributed by atoms with Gasteiger partial charge in [0.25, 0.3) is 0 Å². The maximum atomic E-state index is 13.8. The number of rotatable bonds is 4. The minimum absolute atomic E-state index is 0.00455. The van der Waals surface area contributed by atoms with Gasteiger partial charge in [-0.1, -0.05) is 17.7 Å². The van der Waals surface area contributed by atoms with Gasteiger partial charge in [-0.15, -0.1) is 0 Å². The highest BCUT2D eigenvalue weighted by Gasteiger charge is 2.33. The number of hydrogen-bond donors (Lipinski definition) is 2. The van der Waals surface area contributed by atoms with E-state index in [9.17, 15) is 13.2 Å². The van der Waals surface area contributed by atoms with E-state index in [0.29, 0.717) is 6.54 Å². The maximum absolute atomic E-state index is 13.8. The molecule has 1 aliphatic rings. The average molecular weight is 397 g/mol. The molecular weight excluding hydrogens is 377 g/mol. The normalized spacial score (nSPS) is 20.9. The summed E-state index contributed by atoms with van der Waals surface area (Å²) in [5.41, 5.74) is 6.57. The summed E-state index contributed by atoms with van der Waals surface area (Å²) in [6.07, 6.45) is 0.858. The molecule has 2 aromatic carbocycles. The van der Waals surface area contributed by atoms with Crippen molar-refractivity contribution in [3.8, 4) is 0 Å². The molecule has 3 N–H and O–H groups in total. The Kier molecular flexibility index (Phi) is 5.92. The number of aliphatic imine (C=N–C) groups is 1. The Balaban J connectivity index is 1.72. The zero-order chi connectivity index (χ0) is 19.6. The lowest BCUT2D eigenvalue weighted by atomic mass is 9.94. The molecule has 1 fully saturated rings. The molecule has 0 saturated carbocycles. The number of guanidine groups is 1. The first-order chi connectivity index (χ1) is 12.8. The van der Waals surface area contributed by atoms with Crippen molar-refractivity contribution < 1.29 is 13.2 Å². The van der Waals surface area contributed by atoms with Crippen LogP contribution in [0.1, 0.15) is 18.0 Å². The molecule has 4 nitrogen and oxygen atoms in total. The minimum atomic E-state index is -0.621. The first kappa shape index (κ1) is 19.5. The monoisotopic (exact) mass is 396 g/mol. The molecular formula is C19H20ClF3N4. The number of nitrogens with two attached hydrogens (primary N) is 1. The largest absolute Gasteiger partial charge is 0.370 e. The van der Waals surface area contributed by atoms with Crippen LogP contribution in [0, 0.1) is 23.4 Å². The number of anilines is 1. The molecule has 2 atom stereocenters. The van der Waals surface area contributed by atoms with E-state index in [4.69, 9.17) is 17.3 Å². The number of benzene rings is 2. The Morgan fingerprint density at radius 3 is 2.74 bits per heavy atom. The van der Waals surface area contributed by atoms with E-state index in [2.05, 4.69) is 15.2 Å². The fraction of sp³-hybridized carbons (Fsp3) is 0.316. The average Bonchev–Trinajstić information content (AvgIpc) is 2.99. The molecule has 1 heterocycles. The second-order valence-corrected chi connectivity index (χ2v) is 7.03. The van der Waals surface area contributed by atoms with Gasteiger partial charge in [0.1, 0.15) is 17.5 Å². The van der Waals surface area contributed by atoms with Crippen molar-refractivity contribution in [3.63, 3.8) is 0 Å². The smallest absolute Gasteiger partial charge is 0.193 e. The molecule has 1 aliphatic heterocycles. The van der Waals surface area contributed by atoms with Crippen molar-refractivity contribution in [2.45, 2.75) is 12.5 Å². The number of hydrogen-bond acceptors (Lipinski definition) is 2. The molecule has 2 aromatic rings. The zero-order valence-electron chi connectivity index (χ0n) is 14.7. The van der Waals surface area contributed by atoms with Crippen molar-refractivity contribution in [2.24, 2.45) is 16.6 Å². The fourth-order valence-corrected chi connectivity index (χ4v) is 3.54. The molecule has 0 amide bonds. The first-order valence-electron chi connectivity index (χ1n) is 8.52. The molecule has 27 heavy (non-hydrogen) atoms. The second kappa shape index (κ2) is 8.19. The first-order valence-corrected chi connectivity index (χ1v) is 8.90. The molecule has 0 radical (unpaired) electrons. The molecule has 0 spiro atoms. The van der Waals surface area contributed by atoms with Crippen LogP contribution in [0.5, 0.6) is 0 Å². The molecule has 0 bridgehead atoms. The summed E-state index contributed by atoms with van der Waals surface area (Å²) >= 11 is 5.77. The third kappa shape index (κ3) is 4.54. The van der Waals surface area contributed by atoms with Gasteiger partial charge in [-0.25, -0.2) is 13.2 Å². The Morgan fingerprint density at radius 2 is 2.00 bits per heavy atom. The van der Waals surface area contributed by atoms with Crippen LogP contribution >= 0.6 is 11.6 Å². The van der Waals surface area contributed by atoms with Gasteiger partial charge in [-0.05, 0) is 55.8 Å². The second-order valence-electron chi connectivity index (χ2n) is 6.62. The predicted molar refractivity (Wildman–Crippen MR) is 101 cm³/mol. The molecule has 144 valence electrons. The summed E-state index contributed by atoms with van der Waals surface area (Å²) in [6.45, 7) is 1.20. The number of halogens is 4. The highest BCUT2D eigenvalue weighted by Crippen LogP contribution is 2.37. The van der Waals surface area contributed by atoms with Gasteiger partial charge in [-0.2, -0.15) is 0 Å². The van der Waals surface area contributed by atoms with Crippen LogP contribution in [0.4, 0.5) is 18.9 Å². The van der Waals surface area contributed by atoms with E-state index in [0.717, 1.165) is 36.7 Å². The molecule has 2 unspecified atom stereocenters. The molecule has 1 saturated heterocycles. The van der Waals surface area contributed by atoms with E-state index >= 15 is 0 Å². The maximum Gasteiger partial charge on any atom is 0.193 e. The summed E-state index contributed by atoms with van der Waals surface area (Å²) in [5, 5.41) is 2.66. The Labute approximate surface area is 160 Å². The molecule has 0 aromatic heterocycles. The van der Waals surface area contributed by atoms with Crippen molar-refractivity contribution >= 4 is 23.2 Å². The third-order valence-electron chi connectivity index (χ3n) is 4.75. The quantitative estimate of drug-likeness (QED) is 0.602. The van der Waals surface area contributed by atoms with E-state index in [1.165, 1.54) is 6.07 Å². The zero-order valence-corrected chi connectivity index (χ0v) is 15.5. The Bertz CT molecular complexity index is 859. The van der Waals surface area contributed by atoms with Crippen molar-refractivity contribution in [3.05, 3.63) is 64.4 Å². The van der Waals surface area contributed by atoms with Gasteiger partial charge in [0.05, 0.1) is 10.7 Å². The van der Waals surface area contributed by atoms with E-state index < -0.39 is 17.5 Å². The Morgan fingerprint density at radius 1 is 1.22 bits per heavy atom. The number of nitrogens with one attached hydrogen (secondary N) is 1. The highest BCUT2D eigenvalue weighted by molar-refractivity contribution is 6.30. The van der Waals surface area contributed by atoms with Gasteiger partial charge in [0, 0.05) is 18.7 Å². The standard InChI is InChI=1S/C19H20ClF3N4/c1-27-7-6-12(18(27)11-2-4-14(20)16(23)8-11)10-25-19(24)26-17-9-13(21)3-5-15(17)22/h2-5,8-9,12,18H,6-7,10H2,1H3,(H3,24,25,26). The summed E-state index contributed by atoms with van der Waals surface area (Å²) in [4.78, 5) is 6.39. The van der Waals surface area contributed by atoms with Crippen LogP contribution in [-0.2, 0) is 0 Å². The summed E-state index contributed by atoms with van der Waals surface area (Å²) in [6, 6.07) is 7.81. The summed E-state index contributed by atoms with van der Waals surface area (Å²) in [7, 11) is 1.96. The van der Waals surface area contributed by atoms with Gasteiger partial charge >= 0.3 is 0 Å². The SMILES string of the molecule is CN1CCC(CN=C(N)Nc2cc(F)ccc2F)C1c1ccc(Cl)c(F)c1. The van der Waals surface area contributed by atoms with Crippen LogP contribution in [0.2, 0.25) is 5.02 Å². The van der Waals surface area contributed by atoms with E-state index in [1.807, 2.05) is 7.05 Å². The molecule has 8 heteroatoms. The van der Waals surface area contributed by atoms with Crippen molar-refractivity contribution in [1.29, 1.82) is 0 Å². The van der Waals surface area contributed by atoms with Crippen molar-refractivity contribution in [2.75, 3.05) is 25.5 Å². The van der Waals surface area contributed by atoms with Gasteiger partial charge in [0.15, 0.2) is 5.96 Å². The van der Waals surface area contributed by atoms with Crippen LogP contribution < -0.4 is 11.1 Å². The van der Waals surface area contributed by atoms with Crippen LogP contribution in [0.15, 0.2) is 41.4 Å². The van der Waals surface area contributed by atoms with Gasteiger partial charge in [-0.3, -0.25) is 9.89 Å². The summed E-state index contributed by atoms with van der Waals surface area (Å²) in [5.74, 6) is -1.55. The molecule has 3 rings (SSSR count). The predicted octanol–water partition coefficient (Wildman–Crippen LogP) is 4.18. The van der Waals surface area contributed by atoms with E-state index in [-0.39, 0.29) is 28.6 Å². The highest BCUT2D eigenvalue weighted by atomic mass is 35.5. The van der Waals surface area contributed by atoms with E-state index in [1.54, 1.807) is 12.1 Å². The minimum Gasteiger partial charge on any atom is -0.370 e. The molecule has 0 aliphatic carbocycles. The van der Waals surface area contributed by atoms with Crippen LogP contribution in [0.3, 0.4) is 0 Å². The van der Waals surface area contributed by atoms with Gasteiger partial charge < -0.3 is 11.1 Å². The topological polar surface area (TPSA) is 53.6 Å². The van der Waals surface area contributed by atoms with Crippen LogP contribution in [0.25, 0.3) is 0 Å². The fourth-order valence-electron chi connectivity index (χ4n) is 3.43. The number of nitrogens with zero attached hydrogens (tertiary/aromatic N) is 2. The lowest BCUT2D eigenvalue weighted by molar-refractivity contribution is 0.279.